The van der Waals surface area contributed by atoms with Crippen LogP contribution in [0.5, 0.6) is 0 Å². The van der Waals surface area contributed by atoms with Crippen LogP contribution in [0.15, 0.2) is 65.6 Å². The van der Waals surface area contributed by atoms with Gasteiger partial charge in [-0.2, -0.15) is 14.6 Å². The van der Waals surface area contributed by atoms with Crippen molar-refractivity contribution in [2.24, 2.45) is 0 Å². The molecule has 3 heterocycles. The SMILES string of the molecule is O=c1/c(=C/c2cn[nH]c2-c2cccc([N+](=O)[O-])c2)sc2nc(-c3ccccc3)nn12. The molecule has 30 heavy (non-hydrogen) atoms. The van der Waals surface area contributed by atoms with E-state index in [1.165, 1.54) is 28.0 Å². The fourth-order valence-corrected chi connectivity index (χ4v) is 3.99. The van der Waals surface area contributed by atoms with Crippen LogP contribution in [0.4, 0.5) is 5.69 Å². The van der Waals surface area contributed by atoms with Gasteiger partial charge in [0.2, 0.25) is 4.96 Å². The van der Waals surface area contributed by atoms with Gasteiger partial charge in [0.15, 0.2) is 5.82 Å². The lowest BCUT2D eigenvalue weighted by Gasteiger charge is -1.99. The van der Waals surface area contributed by atoms with Gasteiger partial charge in [0, 0.05) is 28.8 Å². The second kappa shape index (κ2) is 7.01. The second-order valence-electron chi connectivity index (χ2n) is 6.42. The first-order valence-electron chi connectivity index (χ1n) is 8.85. The van der Waals surface area contributed by atoms with Gasteiger partial charge in [-0.25, -0.2) is 0 Å². The summed E-state index contributed by atoms with van der Waals surface area (Å²) in [4.78, 5) is 28.4. The van der Waals surface area contributed by atoms with Crippen molar-refractivity contribution >= 4 is 28.1 Å². The Labute approximate surface area is 172 Å². The lowest BCUT2D eigenvalue weighted by atomic mass is 10.1. The summed E-state index contributed by atoms with van der Waals surface area (Å²) in [5, 5.41) is 22.3. The van der Waals surface area contributed by atoms with Gasteiger partial charge < -0.3 is 0 Å². The first kappa shape index (κ1) is 17.9. The summed E-state index contributed by atoms with van der Waals surface area (Å²) in [7, 11) is 0. The molecular weight excluding hydrogens is 404 g/mol. The van der Waals surface area contributed by atoms with Crippen LogP contribution in [0.1, 0.15) is 5.56 Å². The number of nitro benzene ring substituents is 1. The molecule has 5 aromatic rings. The van der Waals surface area contributed by atoms with E-state index in [4.69, 9.17) is 0 Å². The predicted octanol–water partition coefficient (Wildman–Crippen LogP) is 2.66. The largest absolute Gasteiger partial charge is 0.291 e. The molecule has 0 aliphatic carbocycles. The van der Waals surface area contributed by atoms with E-state index in [1.807, 2.05) is 30.3 Å². The van der Waals surface area contributed by atoms with Crippen LogP contribution < -0.4 is 10.1 Å². The van der Waals surface area contributed by atoms with Crippen LogP contribution in [-0.4, -0.2) is 29.7 Å². The summed E-state index contributed by atoms with van der Waals surface area (Å²) in [6.45, 7) is 0. The molecular formula is C20H12N6O3S. The highest BCUT2D eigenvalue weighted by Crippen LogP contribution is 2.25. The van der Waals surface area contributed by atoms with E-state index in [0.717, 1.165) is 5.56 Å². The van der Waals surface area contributed by atoms with E-state index in [9.17, 15) is 14.9 Å². The van der Waals surface area contributed by atoms with Gasteiger partial charge in [0.05, 0.1) is 21.3 Å². The third-order valence-corrected chi connectivity index (χ3v) is 5.47. The summed E-state index contributed by atoms with van der Waals surface area (Å²) >= 11 is 1.22. The van der Waals surface area contributed by atoms with Crippen molar-refractivity contribution in [2.45, 2.75) is 0 Å². The van der Waals surface area contributed by atoms with Crippen molar-refractivity contribution in [3.63, 3.8) is 0 Å². The molecule has 1 N–H and O–H groups in total. The molecule has 0 saturated carbocycles. The molecule has 0 amide bonds. The summed E-state index contributed by atoms with van der Waals surface area (Å²) in [5.74, 6) is 0.492. The van der Waals surface area contributed by atoms with Gasteiger partial charge in [-0.05, 0) is 6.08 Å². The lowest BCUT2D eigenvalue weighted by Crippen LogP contribution is -2.23. The molecule has 0 atom stereocenters. The number of non-ortho nitro benzene ring substituents is 1. The number of thiazole rings is 1. The number of rotatable bonds is 4. The molecule has 0 saturated heterocycles. The molecule has 10 heteroatoms. The van der Waals surface area contributed by atoms with Gasteiger partial charge in [-0.15, -0.1) is 5.10 Å². The van der Waals surface area contributed by atoms with Crippen molar-refractivity contribution in [3.05, 3.63) is 91.4 Å². The van der Waals surface area contributed by atoms with E-state index in [2.05, 4.69) is 20.3 Å². The summed E-state index contributed by atoms with van der Waals surface area (Å²) < 4.78 is 1.73. The Kier molecular flexibility index (Phi) is 4.18. The molecule has 0 bridgehead atoms. The summed E-state index contributed by atoms with van der Waals surface area (Å²) in [6.07, 6.45) is 3.25. The average Bonchev–Trinajstić information content (AvgIpc) is 3.46. The predicted molar refractivity (Wildman–Crippen MR) is 112 cm³/mol. The monoisotopic (exact) mass is 416 g/mol. The minimum absolute atomic E-state index is 0.0233. The van der Waals surface area contributed by atoms with E-state index in [0.29, 0.717) is 32.1 Å². The van der Waals surface area contributed by atoms with Crippen molar-refractivity contribution in [1.29, 1.82) is 0 Å². The van der Waals surface area contributed by atoms with Gasteiger partial charge in [-0.3, -0.25) is 20.0 Å². The molecule has 0 unspecified atom stereocenters. The van der Waals surface area contributed by atoms with Crippen LogP contribution >= 0.6 is 11.3 Å². The van der Waals surface area contributed by atoms with Crippen LogP contribution in [0, 0.1) is 10.1 Å². The lowest BCUT2D eigenvalue weighted by molar-refractivity contribution is -0.384. The minimum atomic E-state index is -0.455. The number of aromatic nitrogens is 5. The molecule has 0 spiro atoms. The highest BCUT2D eigenvalue weighted by atomic mass is 32.1. The van der Waals surface area contributed by atoms with Crippen LogP contribution in [0.2, 0.25) is 0 Å². The van der Waals surface area contributed by atoms with Crippen molar-refractivity contribution in [2.75, 3.05) is 0 Å². The molecule has 5 rings (SSSR count). The van der Waals surface area contributed by atoms with E-state index in [-0.39, 0.29) is 11.2 Å². The zero-order chi connectivity index (χ0) is 20.7. The smallest absolute Gasteiger partial charge is 0.277 e. The van der Waals surface area contributed by atoms with E-state index >= 15 is 0 Å². The molecule has 3 aromatic heterocycles. The first-order chi connectivity index (χ1) is 14.6. The number of nitro groups is 1. The molecule has 0 radical (unpaired) electrons. The fraction of sp³-hybridized carbons (Fsp3) is 0. The number of H-pyrrole nitrogens is 1. The Morgan fingerprint density at radius 3 is 2.67 bits per heavy atom. The molecule has 0 fully saturated rings. The zero-order valence-electron chi connectivity index (χ0n) is 15.2. The fourth-order valence-electron chi connectivity index (χ4n) is 3.10. The Morgan fingerprint density at radius 2 is 1.90 bits per heavy atom. The van der Waals surface area contributed by atoms with Crippen LogP contribution in [0.3, 0.4) is 0 Å². The standard InChI is InChI=1S/C20H12N6O3S/c27-19-16(30-20-22-18(24-25(19)20)12-5-2-1-3-6-12)10-14-11-21-23-17(14)13-7-4-8-15(9-13)26(28)29/h1-11H,(H,21,23)/b16-10-. The summed E-state index contributed by atoms with van der Waals surface area (Å²) in [6, 6.07) is 15.7. The summed E-state index contributed by atoms with van der Waals surface area (Å²) in [5.41, 5.74) is 2.36. The molecule has 0 aliphatic rings. The Morgan fingerprint density at radius 1 is 1.10 bits per heavy atom. The molecule has 146 valence electrons. The minimum Gasteiger partial charge on any atom is -0.277 e. The Bertz CT molecular complexity index is 1500. The third kappa shape index (κ3) is 3.05. The quantitative estimate of drug-likeness (QED) is 0.355. The zero-order valence-corrected chi connectivity index (χ0v) is 16.0. The second-order valence-corrected chi connectivity index (χ2v) is 7.43. The van der Waals surface area contributed by atoms with Gasteiger partial charge in [0.25, 0.3) is 11.2 Å². The number of benzene rings is 2. The highest BCUT2D eigenvalue weighted by Gasteiger charge is 2.14. The molecule has 0 aliphatic heterocycles. The van der Waals surface area contributed by atoms with Crippen LogP contribution in [0.25, 0.3) is 33.7 Å². The maximum absolute atomic E-state index is 12.8. The van der Waals surface area contributed by atoms with Crippen molar-refractivity contribution in [3.8, 4) is 22.6 Å². The molecule has 9 nitrogen and oxygen atoms in total. The number of aromatic amines is 1. The number of nitrogens with zero attached hydrogens (tertiary/aromatic N) is 5. The number of hydrogen-bond donors (Lipinski definition) is 1. The highest BCUT2D eigenvalue weighted by molar-refractivity contribution is 7.15. The number of nitrogens with one attached hydrogen (secondary N) is 1. The Hall–Kier alpha value is -4.18. The molecule has 2 aromatic carbocycles. The van der Waals surface area contributed by atoms with Gasteiger partial charge in [0.1, 0.15) is 0 Å². The van der Waals surface area contributed by atoms with Crippen molar-refractivity contribution < 1.29 is 4.92 Å². The third-order valence-electron chi connectivity index (χ3n) is 4.51. The topological polar surface area (TPSA) is 119 Å². The maximum Gasteiger partial charge on any atom is 0.291 e. The van der Waals surface area contributed by atoms with Crippen LogP contribution in [-0.2, 0) is 0 Å². The maximum atomic E-state index is 12.8. The van der Waals surface area contributed by atoms with Gasteiger partial charge in [-0.1, -0.05) is 53.8 Å². The van der Waals surface area contributed by atoms with Crippen molar-refractivity contribution in [1.82, 2.24) is 24.8 Å². The van der Waals surface area contributed by atoms with Gasteiger partial charge >= 0.3 is 0 Å². The average molecular weight is 416 g/mol. The van der Waals surface area contributed by atoms with E-state index < -0.39 is 4.92 Å². The normalized spacial score (nSPS) is 11.9. The number of fused-ring (bicyclic) bond motifs is 1. The van der Waals surface area contributed by atoms with E-state index in [1.54, 1.807) is 24.4 Å². The number of hydrogen-bond acceptors (Lipinski definition) is 7. The Balaban J connectivity index is 1.58. The first-order valence-corrected chi connectivity index (χ1v) is 9.67.